The number of carbonyl (C=O) groups is 1. The number of carbonyl (C=O) groups excluding carboxylic acids is 1. The zero-order valence-corrected chi connectivity index (χ0v) is 37.5. The lowest BCUT2D eigenvalue weighted by atomic mass is 9.99. The number of amides is 1. The van der Waals surface area contributed by atoms with Gasteiger partial charge < -0.3 is 20.0 Å². The number of sulfonamides is 1. The maximum atomic E-state index is 13.5. The summed E-state index contributed by atoms with van der Waals surface area (Å²) in [6.07, 6.45) is 2.93. The van der Waals surface area contributed by atoms with E-state index in [1.165, 1.54) is 23.3 Å². The van der Waals surface area contributed by atoms with Crippen LogP contribution < -0.4 is 14.9 Å². The highest BCUT2D eigenvalue weighted by Crippen LogP contribution is 2.31. The molecule has 2 heterocycles. The van der Waals surface area contributed by atoms with E-state index in [0.717, 1.165) is 93.8 Å². The summed E-state index contributed by atoms with van der Waals surface area (Å²) in [6, 6.07) is 37.3. The van der Waals surface area contributed by atoms with E-state index in [-0.39, 0.29) is 27.9 Å². The summed E-state index contributed by atoms with van der Waals surface area (Å²) in [4.78, 5) is 35.2. The van der Waals surface area contributed by atoms with Gasteiger partial charge in [-0.25, -0.2) is 13.1 Å². The molecule has 0 aliphatic carbocycles. The first-order valence-corrected chi connectivity index (χ1v) is 23.9. The summed E-state index contributed by atoms with van der Waals surface area (Å²) in [6.45, 7) is 6.89. The van der Waals surface area contributed by atoms with Crippen molar-refractivity contribution in [3.8, 4) is 11.1 Å². The fraction of sp³-hybridized carbons (Fsp3) is 0.340. The number of piperidine rings is 1. The number of rotatable bonds is 17. The van der Waals surface area contributed by atoms with E-state index in [2.05, 4.69) is 61.9 Å². The number of hydrogen-bond donors (Lipinski definition) is 2. The van der Waals surface area contributed by atoms with Crippen LogP contribution in [0, 0.1) is 10.1 Å². The third-order valence-corrected chi connectivity index (χ3v) is 14.5. The fourth-order valence-electron chi connectivity index (χ4n) is 8.12. The topological polar surface area (TPSA) is 131 Å². The number of anilines is 2. The molecule has 0 aromatic heterocycles. The molecule has 12 nitrogen and oxygen atoms in total. The van der Waals surface area contributed by atoms with Gasteiger partial charge in [-0.3, -0.25) is 19.8 Å². The normalized spacial score (nSPS) is 16.0. The Labute approximate surface area is 374 Å². The van der Waals surface area contributed by atoms with Crippen molar-refractivity contribution in [1.82, 2.24) is 19.4 Å². The first-order chi connectivity index (χ1) is 29.9. The number of benzene rings is 5. The molecule has 0 saturated carbocycles. The number of likely N-dealkylation sites (tertiary alicyclic amines) is 1. The number of nitrogens with one attached hydrogen (secondary N) is 2. The van der Waals surface area contributed by atoms with Crippen molar-refractivity contribution in [2.45, 2.75) is 47.7 Å². The van der Waals surface area contributed by atoms with Gasteiger partial charge in [0, 0.05) is 84.3 Å². The number of nitro groups is 1. The lowest BCUT2D eigenvalue weighted by Gasteiger charge is -2.36. The van der Waals surface area contributed by atoms with Crippen LogP contribution in [0.5, 0.6) is 0 Å². The lowest BCUT2D eigenvalue weighted by Crippen LogP contribution is -2.46. The van der Waals surface area contributed by atoms with Gasteiger partial charge in [0.15, 0.2) is 0 Å². The van der Waals surface area contributed by atoms with E-state index in [1.807, 2.05) is 72.8 Å². The van der Waals surface area contributed by atoms with Crippen LogP contribution in [0.2, 0.25) is 5.02 Å². The van der Waals surface area contributed by atoms with Crippen LogP contribution in [0.4, 0.5) is 17.1 Å². The third kappa shape index (κ3) is 11.9. The number of nitro benzene ring substituents is 1. The Morgan fingerprint density at radius 3 is 2.21 bits per heavy atom. The summed E-state index contributed by atoms with van der Waals surface area (Å²) in [5, 5.41) is 16.5. The van der Waals surface area contributed by atoms with Crippen molar-refractivity contribution in [3.63, 3.8) is 0 Å². The van der Waals surface area contributed by atoms with E-state index in [9.17, 15) is 23.3 Å². The van der Waals surface area contributed by atoms with Crippen LogP contribution in [0.3, 0.4) is 0 Å². The largest absolute Gasteiger partial charge is 0.376 e. The SMILES string of the molecule is CN(C)C1CCN(CC[C@H](CSc2ccccc2)Nc2ccc(S(=O)(=O)NC(=O)c3ccc(N4CCN(Cc5ccccc5-c5ccc(Cl)cc5)CC4)cc3)cc2[N+](=O)[O-])CC1. The van der Waals surface area contributed by atoms with Gasteiger partial charge in [-0.05, 0) is 124 Å². The number of thioether (sulfide) groups is 1. The Morgan fingerprint density at radius 2 is 1.53 bits per heavy atom. The Hall–Kier alpha value is -4.96. The minimum Gasteiger partial charge on any atom is -0.376 e. The molecule has 2 saturated heterocycles. The number of piperazine rings is 1. The molecule has 2 aliphatic heterocycles. The van der Waals surface area contributed by atoms with Crippen LogP contribution in [0.15, 0.2) is 131 Å². The van der Waals surface area contributed by atoms with Gasteiger partial charge in [0.05, 0.1) is 9.82 Å². The molecule has 326 valence electrons. The maximum absolute atomic E-state index is 13.5. The highest BCUT2D eigenvalue weighted by Gasteiger charge is 2.27. The molecule has 0 radical (unpaired) electrons. The predicted molar refractivity (Wildman–Crippen MR) is 251 cm³/mol. The molecule has 2 N–H and O–H groups in total. The Balaban J connectivity index is 0.956. The summed E-state index contributed by atoms with van der Waals surface area (Å²) in [5.74, 6) is -0.167. The molecule has 1 amide bonds. The molecule has 62 heavy (non-hydrogen) atoms. The van der Waals surface area contributed by atoms with Gasteiger partial charge in [0.2, 0.25) is 0 Å². The van der Waals surface area contributed by atoms with Crippen molar-refractivity contribution < 1.29 is 18.1 Å². The zero-order chi connectivity index (χ0) is 43.6. The second-order valence-electron chi connectivity index (χ2n) is 16.1. The van der Waals surface area contributed by atoms with Gasteiger partial charge in [0.25, 0.3) is 21.6 Å². The average Bonchev–Trinajstić information content (AvgIpc) is 3.28. The second-order valence-corrected chi connectivity index (χ2v) is 19.3. The Morgan fingerprint density at radius 1 is 0.855 bits per heavy atom. The van der Waals surface area contributed by atoms with Crippen molar-refractivity contribution in [2.75, 3.05) is 75.9 Å². The van der Waals surface area contributed by atoms with E-state index in [4.69, 9.17) is 11.6 Å². The van der Waals surface area contributed by atoms with Crippen LogP contribution in [-0.2, 0) is 16.6 Å². The summed E-state index contributed by atoms with van der Waals surface area (Å²) in [5.41, 5.74) is 4.50. The minimum atomic E-state index is -4.44. The summed E-state index contributed by atoms with van der Waals surface area (Å²) < 4.78 is 29.1. The number of hydrogen-bond acceptors (Lipinski definition) is 11. The van der Waals surface area contributed by atoms with Crippen LogP contribution in [0.1, 0.15) is 35.2 Å². The molecular formula is C47H54ClN7O5S2. The number of halogens is 1. The minimum absolute atomic E-state index is 0.136. The highest BCUT2D eigenvalue weighted by molar-refractivity contribution is 7.99. The van der Waals surface area contributed by atoms with Gasteiger partial charge in [-0.1, -0.05) is 66.2 Å². The van der Waals surface area contributed by atoms with E-state index in [1.54, 1.807) is 23.9 Å². The molecule has 0 bridgehead atoms. The van der Waals surface area contributed by atoms with Crippen LogP contribution >= 0.6 is 23.4 Å². The molecule has 0 unspecified atom stereocenters. The van der Waals surface area contributed by atoms with E-state index >= 15 is 0 Å². The lowest BCUT2D eigenvalue weighted by molar-refractivity contribution is -0.384. The molecule has 5 aromatic rings. The van der Waals surface area contributed by atoms with Crippen molar-refractivity contribution in [3.05, 3.63) is 148 Å². The molecule has 2 aliphatic rings. The van der Waals surface area contributed by atoms with Crippen molar-refractivity contribution in [2.24, 2.45) is 0 Å². The quantitative estimate of drug-likeness (QED) is 0.0531. The molecule has 2 fully saturated rings. The first-order valence-electron chi connectivity index (χ1n) is 21.0. The first kappa shape index (κ1) is 45.1. The number of nitrogens with zero attached hydrogens (tertiary/aromatic N) is 5. The van der Waals surface area contributed by atoms with E-state index in [0.29, 0.717) is 16.8 Å². The molecule has 0 spiro atoms. The van der Waals surface area contributed by atoms with Crippen molar-refractivity contribution in [1.29, 1.82) is 0 Å². The van der Waals surface area contributed by atoms with Crippen LogP contribution in [-0.4, -0.2) is 112 Å². The molecular weight excluding hydrogens is 842 g/mol. The van der Waals surface area contributed by atoms with Crippen molar-refractivity contribution >= 4 is 56.4 Å². The molecule has 15 heteroatoms. The predicted octanol–water partition coefficient (Wildman–Crippen LogP) is 8.35. The van der Waals surface area contributed by atoms with Gasteiger partial charge in [0.1, 0.15) is 5.69 Å². The second kappa shape index (κ2) is 20.9. The van der Waals surface area contributed by atoms with E-state index < -0.39 is 20.9 Å². The average molecular weight is 897 g/mol. The summed E-state index contributed by atoms with van der Waals surface area (Å²) >= 11 is 7.80. The van der Waals surface area contributed by atoms with Gasteiger partial charge >= 0.3 is 0 Å². The van der Waals surface area contributed by atoms with Crippen LogP contribution in [0.25, 0.3) is 11.1 Å². The standard InChI is InChI=1S/C47H54ClN7O5S2/c1-51(2)40-23-26-52(27-24-40)25-22-39(34-61-42-9-4-3-5-10-42)49-45-21-20-43(32-46(45)55(57)58)62(59,60)50-47(56)36-14-18-41(19-15-36)54-30-28-53(29-31-54)33-37-8-6-7-11-44(37)35-12-16-38(48)17-13-35/h3-21,32,39-40,49H,22-31,33-34H2,1-2H3,(H,50,56)/t39-/m1/s1. The third-order valence-electron chi connectivity index (χ3n) is 11.8. The monoisotopic (exact) mass is 895 g/mol. The van der Waals surface area contributed by atoms with Gasteiger partial charge in [-0.15, -0.1) is 11.8 Å². The Kier molecular flexibility index (Phi) is 15.2. The zero-order valence-electron chi connectivity index (χ0n) is 35.2. The maximum Gasteiger partial charge on any atom is 0.293 e. The molecule has 5 aromatic carbocycles. The molecule has 1 atom stereocenters. The summed E-state index contributed by atoms with van der Waals surface area (Å²) in [7, 11) is -0.209. The highest BCUT2D eigenvalue weighted by atomic mass is 35.5. The fourth-order valence-corrected chi connectivity index (χ4v) is 10.2. The Bertz CT molecular complexity index is 2390. The smallest absolute Gasteiger partial charge is 0.293 e. The molecule has 7 rings (SSSR count). The van der Waals surface area contributed by atoms with Gasteiger partial charge in [-0.2, -0.15) is 0 Å².